The normalized spacial score (nSPS) is 11.1. The number of fused-ring (bicyclic) bond motifs is 1. The maximum absolute atomic E-state index is 10.6. The third-order valence-corrected chi connectivity index (χ3v) is 3.31. The van der Waals surface area contributed by atoms with Crippen LogP contribution in [0, 0.1) is 10.1 Å². The van der Waals surface area contributed by atoms with Crippen LogP contribution in [0.4, 0.5) is 17.1 Å². The van der Waals surface area contributed by atoms with Crippen LogP contribution in [0.2, 0.25) is 0 Å². The summed E-state index contributed by atoms with van der Waals surface area (Å²) in [5.74, 6) is -0.111. The van der Waals surface area contributed by atoms with Gasteiger partial charge >= 0.3 is 0 Å². The molecule has 0 aromatic heterocycles. The highest BCUT2D eigenvalue weighted by atomic mass is 16.6. The van der Waals surface area contributed by atoms with Gasteiger partial charge in [0.05, 0.1) is 10.6 Å². The molecule has 0 unspecified atom stereocenters. The molecule has 0 aliphatic rings. The van der Waals surface area contributed by atoms with E-state index >= 15 is 0 Å². The van der Waals surface area contributed by atoms with Gasteiger partial charge in [0.2, 0.25) is 0 Å². The molecule has 0 atom stereocenters. The first kappa shape index (κ1) is 14.5. The van der Waals surface area contributed by atoms with Crippen molar-refractivity contribution in [2.75, 3.05) is 0 Å². The summed E-state index contributed by atoms with van der Waals surface area (Å²) in [6, 6.07) is 13.7. The monoisotopic (exact) mass is 309 g/mol. The van der Waals surface area contributed by atoms with Crippen LogP contribution in [0.1, 0.15) is 0 Å². The van der Waals surface area contributed by atoms with Crippen molar-refractivity contribution >= 4 is 27.8 Å². The van der Waals surface area contributed by atoms with Crippen LogP contribution >= 0.6 is 0 Å². The van der Waals surface area contributed by atoms with E-state index in [-0.39, 0.29) is 22.9 Å². The van der Waals surface area contributed by atoms with Gasteiger partial charge < -0.3 is 10.2 Å². The summed E-state index contributed by atoms with van der Waals surface area (Å²) in [5, 5.41) is 39.6. The number of phenols is 2. The summed E-state index contributed by atoms with van der Waals surface area (Å²) in [7, 11) is 0. The van der Waals surface area contributed by atoms with E-state index in [1.54, 1.807) is 24.3 Å². The van der Waals surface area contributed by atoms with Crippen LogP contribution in [0.25, 0.3) is 10.8 Å². The number of benzene rings is 3. The summed E-state index contributed by atoms with van der Waals surface area (Å²) < 4.78 is 0. The Balaban J connectivity index is 1.97. The Kier molecular flexibility index (Phi) is 3.60. The SMILES string of the molecule is O=[N+]([O-])c1ccc(N=Nc2cc(O)c3ccccc3c2O)cc1. The average Bonchev–Trinajstić information content (AvgIpc) is 2.57. The fraction of sp³-hybridized carbons (Fsp3) is 0. The van der Waals surface area contributed by atoms with Gasteiger partial charge in [0.25, 0.3) is 5.69 Å². The van der Waals surface area contributed by atoms with Crippen molar-refractivity contribution in [1.29, 1.82) is 0 Å². The number of aromatic hydroxyl groups is 2. The maximum Gasteiger partial charge on any atom is 0.269 e. The predicted molar refractivity (Wildman–Crippen MR) is 84.6 cm³/mol. The van der Waals surface area contributed by atoms with Gasteiger partial charge in [-0.1, -0.05) is 24.3 Å². The van der Waals surface area contributed by atoms with E-state index in [0.29, 0.717) is 16.5 Å². The first-order chi connectivity index (χ1) is 11.1. The van der Waals surface area contributed by atoms with E-state index in [1.807, 2.05) is 0 Å². The Hall–Kier alpha value is -3.48. The third kappa shape index (κ3) is 2.80. The second kappa shape index (κ2) is 5.72. The number of nitro benzene ring substituents is 1. The highest BCUT2D eigenvalue weighted by Gasteiger charge is 2.10. The molecule has 0 saturated heterocycles. The molecule has 0 radical (unpaired) electrons. The van der Waals surface area contributed by atoms with Crippen molar-refractivity contribution in [3.8, 4) is 11.5 Å². The first-order valence-electron chi connectivity index (χ1n) is 6.66. The van der Waals surface area contributed by atoms with Crippen LogP contribution in [0.3, 0.4) is 0 Å². The van der Waals surface area contributed by atoms with Gasteiger partial charge in [-0.15, -0.1) is 5.11 Å². The lowest BCUT2D eigenvalue weighted by Gasteiger charge is -2.05. The van der Waals surface area contributed by atoms with Gasteiger partial charge in [0, 0.05) is 29.0 Å². The zero-order valence-corrected chi connectivity index (χ0v) is 11.7. The Morgan fingerprint density at radius 2 is 1.57 bits per heavy atom. The number of nitrogens with zero attached hydrogens (tertiary/aromatic N) is 3. The summed E-state index contributed by atoms with van der Waals surface area (Å²) in [6.07, 6.45) is 0. The Morgan fingerprint density at radius 1 is 0.913 bits per heavy atom. The number of hydrogen-bond donors (Lipinski definition) is 2. The van der Waals surface area contributed by atoms with E-state index in [1.165, 1.54) is 30.3 Å². The maximum atomic E-state index is 10.6. The van der Waals surface area contributed by atoms with Gasteiger partial charge in [-0.25, -0.2) is 0 Å². The fourth-order valence-electron chi connectivity index (χ4n) is 2.16. The smallest absolute Gasteiger partial charge is 0.269 e. The van der Waals surface area contributed by atoms with Crippen LogP contribution in [0.5, 0.6) is 11.5 Å². The first-order valence-corrected chi connectivity index (χ1v) is 6.66. The molecule has 7 heteroatoms. The van der Waals surface area contributed by atoms with E-state index in [2.05, 4.69) is 10.2 Å². The van der Waals surface area contributed by atoms with Crippen molar-refractivity contribution in [3.63, 3.8) is 0 Å². The summed E-state index contributed by atoms with van der Waals surface area (Å²) in [6.45, 7) is 0. The van der Waals surface area contributed by atoms with Crippen LogP contribution in [0.15, 0.2) is 64.8 Å². The molecule has 0 bridgehead atoms. The molecule has 0 saturated carbocycles. The number of nitro groups is 1. The molecule has 23 heavy (non-hydrogen) atoms. The van der Waals surface area contributed by atoms with Crippen molar-refractivity contribution in [2.45, 2.75) is 0 Å². The lowest BCUT2D eigenvalue weighted by molar-refractivity contribution is -0.384. The number of phenolic OH excluding ortho intramolecular Hbond substituents is 2. The lowest BCUT2D eigenvalue weighted by Crippen LogP contribution is -1.85. The van der Waals surface area contributed by atoms with Crippen LogP contribution in [-0.2, 0) is 0 Å². The molecule has 0 amide bonds. The Bertz CT molecular complexity index is 921. The lowest BCUT2D eigenvalue weighted by atomic mass is 10.1. The number of hydrogen-bond acceptors (Lipinski definition) is 6. The minimum absolute atomic E-state index is 0.0175. The van der Waals surface area contributed by atoms with Crippen molar-refractivity contribution < 1.29 is 15.1 Å². The third-order valence-electron chi connectivity index (χ3n) is 3.31. The van der Waals surface area contributed by atoms with E-state index in [9.17, 15) is 20.3 Å². The summed E-state index contributed by atoms with van der Waals surface area (Å²) in [4.78, 5) is 10.1. The zero-order valence-electron chi connectivity index (χ0n) is 11.7. The van der Waals surface area contributed by atoms with Gasteiger partial charge in [-0.05, 0) is 12.1 Å². The molecular formula is C16H11N3O4. The van der Waals surface area contributed by atoms with Crippen molar-refractivity contribution in [3.05, 3.63) is 64.7 Å². The number of rotatable bonds is 3. The van der Waals surface area contributed by atoms with Gasteiger partial charge in [0.1, 0.15) is 11.4 Å². The molecule has 3 aromatic carbocycles. The molecule has 0 fully saturated rings. The second-order valence-corrected chi connectivity index (χ2v) is 4.78. The largest absolute Gasteiger partial charge is 0.507 e. The fourth-order valence-corrected chi connectivity index (χ4v) is 2.16. The molecule has 2 N–H and O–H groups in total. The molecule has 7 nitrogen and oxygen atoms in total. The Labute approximate surface area is 130 Å². The minimum atomic E-state index is -0.506. The summed E-state index contributed by atoms with van der Waals surface area (Å²) in [5.41, 5.74) is 0.456. The van der Waals surface area contributed by atoms with E-state index in [4.69, 9.17) is 0 Å². The van der Waals surface area contributed by atoms with Crippen molar-refractivity contribution in [1.82, 2.24) is 0 Å². The van der Waals surface area contributed by atoms with Crippen LogP contribution < -0.4 is 0 Å². The quantitative estimate of drug-likeness (QED) is 0.319. The Morgan fingerprint density at radius 3 is 2.22 bits per heavy atom. The van der Waals surface area contributed by atoms with Crippen LogP contribution in [-0.4, -0.2) is 15.1 Å². The number of azo groups is 1. The second-order valence-electron chi connectivity index (χ2n) is 4.78. The number of non-ortho nitro benzene ring substituents is 1. The topological polar surface area (TPSA) is 108 Å². The standard InChI is InChI=1S/C16H11N3O4/c20-15-9-14(16(21)13-4-2-1-3-12(13)15)18-17-10-5-7-11(8-6-10)19(22)23/h1-9,20-21H. The predicted octanol–water partition coefficient (Wildman–Crippen LogP) is 4.57. The highest BCUT2D eigenvalue weighted by Crippen LogP contribution is 2.40. The molecule has 0 aliphatic carbocycles. The molecule has 0 spiro atoms. The molecular weight excluding hydrogens is 298 g/mol. The van der Waals surface area contributed by atoms with Crippen molar-refractivity contribution in [2.24, 2.45) is 10.2 Å². The molecule has 0 heterocycles. The summed E-state index contributed by atoms with van der Waals surface area (Å²) >= 11 is 0. The molecule has 3 rings (SSSR count). The average molecular weight is 309 g/mol. The highest BCUT2D eigenvalue weighted by molar-refractivity contribution is 5.96. The van der Waals surface area contributed by atoms with Gasteiger partial charge in [0.15, 0.2) is 5.75 Å². The van der Waals surface area contributed by atoms with Gasteiger partial charge in [-0.2, -0.15) is 5.11 Å². The molecule has 3 aromatic rings. The molecule has 0 aliphatic heterocycles. The van der Waals surface area contributed by atoms with E-state index in [0.717, 1.165) is 0 Å². The van der Waals surface area contributed by atoms with Gasteiger partial charge in [-0.3, -0.25) is 10.1 Å². The zero-order chi connectivity index (χ0) is 16.4. The minimum Gasteiger partial charge on any atom is -0.507 e. The van der Waals surface area contributed by atoms with E-state index < -0.39 is 4.92 Å². The molecule has 114 valence electrons.